The predicted octanol–water partition coefficient (Wildman–Crippen LogP) is -0.330. The van der Waals surface area contributed by atoms with Crippen LogP contribution in [0.4, 0.5) is 0 Å². The van der Waals surface area contributed by atoms with Crippen LogP contribution in [0.2, 0.25) is 0 Å². The van der Waals surface area contributed by atoms with Crippen LogP contribution in [0.15, 0.2) is 0 Å². The third-order valence-electron chi connectivity index (χ3n) is 2.08. The molecule has 1 atom stereocenters. The van der Waals surface area contributed by atoms with Crippen LogP contribution in [0.1, 0.15) is 33.6 Å². The van der Waals surface area contributed by atoms with Gasteiger partial charge in [-0.3, -0.25) is 14.4 Å². The third-order valence-corrected chi connectivity index (χ3v) is 2.08. The molecule has 0 saturated heterocycles. The zero-order valence-electron chi connectivity index (χ0n) is 10.7. The molecule has 0 aliphatic rings. The Labute approximate surface area is 105 Å². The van der Waals surface area contributed by atoms with E-state index in [-0.39, 0.29) is 19.4 Å². The number of carbonyl (C=O) groups excluding carboxylic acids is 2. The van der Waals surface area contributed by atoms with Crippen molar-refractivity contribution in [3.63, 3.8) is 0 Å². The van der Waals surface area contributed by atoms with E-state index in [4.69, 9.17) is 14.9 Å². The quantitative estimate of drug-likeness (QED) is 0.541. The molecule has 0 rings (SSSR count). The van der Waals surface area contributed by atoms with E-state index in [1.165, 1.54) is 20.8 Å². The summed E-state index contributed by atoms with van der Waals surface area (Å²) in [4.78, 5) is 33.0. The van der Waals surface area contributed by atoms with Crippen molar-refractivity contribution < 1.29 is 29.3 Å². The fraction of sp³-hybridized carbons (Fsp3) is 0.727. The Balaban J connectivity index is 4.00. The highest BCUT2D eigenvalue weighted by atomic mass is 16.6. The Hall–Kier alpha value is -1.63. The molecule has 0 spiro atoms. The van der Waals surface area contributed by atoms with Crippen LogP contribution in [-0.2, 0) is 19.1 Å². The Bertz CT molecular complexity index is 325. The van der Waals surface area contributed by atoms with Crippen LogP contribution in [0.25, 0.3) is 0 Å². The molecule has 0 aromatic carbocycles. The van der Waals surface area contributed by atoms with Gasteiger partial charge in [0.2, 0.25) is 5.91 Å². The molecule has 0 aromatic rings. The van der Waals surface area contributed by atoms with Gasteiger partial charge < -0.3 is 20.3 Å². The summed E-state index contributed by atoms with van der Waals surface area (Å²) in [5.74, 6) is -2.30. The lowest BCUT2D eigenvalue weighted by Crippen LogP contribution is -2.38. The number of carbonyl (C=O) groups is 3. The standard InChI is InChI=1S/C11H19NO6/c1-7(10(16)17)12-8(14)4-5-9(15)18-11(2,3)6-13/h7,13H,4-6H2,1-3H3,(H,12,14)(H,16,17). The second-order valence-corrected chi connectivity index (χ2v) is 4.52. The Morgan fingerprint density at radius 3 is 2.28 bits per heavy atom. The van der Waals surface area contributed by atoms with E-state index in [0.717, 1.165) is 0 Å². The van der Waals surface area contributed by atoms with Gasteiger partial charge in [0.25, 0.3) is 0 Å². The van der Waals surface area contributed by atoms with Crippen molar-refractivity contribution in [2.24, 2.45) is 0 Å². The van der Waals surface area contributed by atoms with E-state index < -0.39 is 29.5 Å². The Morgan fingerprint density at radius 1 is 1.28 bits per heavy atom. The second-order valence-electron chi connectivity index (χ2n) is 4.52. The van der Waals surface area contributed by atoms with E-state index in [1.54, 1.807) is 0 Å². The molecule has 0 aliphatic carbocycles. The number of nitrogens with one attached hydrogen (secondary N) is 1. The topological polar surface area (TPSA) is 113 Å². The average Bonchev–Trinajstić information content (AvgIpc) is 2.25. The van der Waals surface area contributed by atoms with Crippen molar-refractivity contribution in [2.75, 3.05) is 6.61 Å². The highest BCUT2D eigenvalue weighted by Crippen LogP contribution is 2.09. The summed E-state index contributed by atoms with van der Waals surface area (Å²) in [6.45, 7) is 4.09. The van der Waals surface area contributed by atoms with Crippen LogP contribution < -0.4 is 5.32 Å². The number of hydrogen-bond donors (Lipinski definition) is 3. The maximum Gasteiger partial charge on any atom is 0.325 e. The molecule has 0 radical (unpaired) electrons. The fourth-order valence-electron chi connectivity index (χ4n) is 0.982. The van der Waals surface area contributed by atoms with Crippen molar-refractivity contribution >= 4 is 17.8 Å². The average molecular weight is 261 g/mol. The summed E-state index contributed by atoms with van der Waals surface area (Å²) in [5.41, 5.74) is -0.984. The van der Waals surface area contributed by atoms with Crippen LogP contribution in [0.3, 0.4) is 0 Å². The number of carboxylic acid groups (broad SMARTS) is 1. The molecule has 0 saturated carbocycles. The molecule has 0 aliphatic heterocycles. The maximum absolute atomic E-state index is 11.3. The normalized spacial score (nSPS) is 12.7. The third kappa shape index (κ3) is 6.85. The first kappa shape index (κ1) is 16.4. The molecule has 0 bridgehead atoms. The van der Waals surface area contributed by atoms with Crippen molar-refractivity contribution in [3.8, 4) is 0 Å². The molecule has 104 valence electrons. The largest absolute Gasteiger partial charge is 0.480 e. The lowest BCUT2D eigenvalue weighted by molar-refractivity contribution is -0.160. The lowest BCUT2D eigenvalue weighted by atomic mass is 10.1. The number of amides is 1. The van der Waals surface area contributed by atoms with Crippen LogP contribution >= 0.6 is 0 Å². The number of aliphatic carboxylic acids is 1. The minimum atomic E-state index is -1.15. The summed E-state index contributed by atoms with van der Waals surface area (Å²) < 4.78 is 4.90. The number of rotatable bonds is 7. The van der Waals surface area contributed by atoms with Gasteiger partial charge in [0.15, 0.2) is 0 Å². The molecule has 0 aromatic heterocycles. The molecule has 18 heavy (non-hydrogen) atoms. The van der Waals surface area contributed by atoms with Gasteiger partial charge in [-0.1, -0.05) is 0 Å². The molecule has 1 amide bonds. The van der Waals surface area contributed by atoms with Crippen molar-refractivity contribution in [2.45, 2.75) is 45.3 Å². The van der Waals surface area contributed by atoms with E-state index in [0.29, 0.717) is 0 Å². The van der Waals surface area contributed by atoms with Gasteiger partial charge in [0.05, 0.1) is 13.0 Å². The van der Waals surface area contributed by atoms with Gasteiger partial charge in [0.1, 0.15) is 11.6 Å². The summed E-state index contributed by atoms with van der Waals surface area (Å²) in [7, 11) is 0. The van der Waals surface area contributed by atoms with E-state index >= 15 is 0 Å². The summed E-state index contributed by atoms with van der Waals surface area (Å²) in [6.07, 6.45) is -0.320. The number of ether oxygens (including phenoxy) is 1. The molecule has 0 heterocycles. The molecule has 1 unspecified atom stereocenters. The first-order valence-corrected chi connectivity index (χ1v) is 5.53. The molecule has 3 N–H and O–H groups in total. The van der Waals surface area contributed by atoms with E-state index in [9.17, 15) is 14.4 Å². The van der Waals surface area contributed by atoms with Crippen molar-refractivity contribution in [3.05, 3.63) is 0 Å². The van der Waals surface area contributed by atoms with Crippen LogP contribution in [-0.4, -0.2) is 46.3 Å². The molecular formula is C11H19NO6. The minimum Gasteiger partial charge on any atom is -0.480 e. The van der Waals surface area contributed by atoms with Gasteiger partial charge in [-0.2, -0.15) is 0 Å². The van der Waals surface area contributed by atoms with Gasteiger partial charge in [0, 0.05) is 6.42 Å². The Kier molecular flexibility index (Phi) is 6.32. The molecular weight excluding hydrogens is 242 g/mol. The van der Waals surface area contributed by atoms with Crippen molar-refractivity contribution in [1.82, 2.24) is 5.32 Å². The van der Waals surface area contributed by atoms with Gasteiger partial charge in [-0.25, -0.2) is 0 Å². The lowest BCUT2D eigenvalue weighted by Gasteiger charge is -2.22. The van der Waals surface area contributed by atoms with Gasteiger partial charge >= 0.3 is 11.9 Å². The highest BCUT2D eigenvalue weighted by Gasteiger charge is 2.22. The monoisotopic (exact) mass is 261 g/mol. The Morgan fingerprint density at radius 2 is 1.83 bits per heavy atom. The first-order chi connectivity index (χ1) is 8.18. The maximum atomic E-state index is 11.3. The van der Waals surface area contributed by atoms with Crippen LogP contribution in [0.5, 0.6) is 0 Å². The molecule has 0 fully saturated rings. The number of hydrogen-bond acceptors (Lipinski definition) is 5. The summed E-state index contributed by atoms with van der Waals surface area (Å²) in [6, 6.07) is -0.998. The smallest absolute Gasteiger partial charge is 0.325 e. The fourth-order valence-corrected chi connectivity index (χ4v) is 0.982. The second kappa shape index (κ2) is 6.95. The SMILES string of the molecule is CC(NC(=O)CCC(=O)OC(C)(C)CO)C(=O)O. The zero-order valence-corrected chi connectivity index (χ0v) is 10.7. The number of carboxylic acids is 1. The minimum absolute atomic E-state index is 0.155. The number of aliphatic hydroxyl groups is 1. The molecule has 7 nitrogen and oxygen atoms in total. The highest BCUT2D eigenvalue weighted by molar-refractivity contribution is 5.85. The van der Waals surface area contributed by atoms with Gasteiger partial charge in [-0.15, -0.1) is 0 Å². The number of aliphatic hydroxyl groups excluding tert-OH is 1. The predicted molar refractivity (Wildman–Crippen MR) is 61.7 cm³/mol. The first-order valence-electron chi connectivity index (χ1n) is 5.53. The summed E-state index contributed by atoms with van der Waals surface area (Å²) >= 11 is 0. The van der Waals surface area contributed by atoms with Crippen LogP contribution in [0, 0.1) is 0 Å². The van der Waals surface area contributed by atoms with E-state index in [2.05, 4.69) is 5.32 Å². The molecule has 7 heteroatoms. The van der Waals surface area contributed by atoms with Gasteiger partial charge in [-0.05, 0) is 20.8 Å². The number of esters is 1. The zero-order chi connectivity index (χ0) is 14.3. The van der Waals surface area contributed by atoms with E-state index in [1.807, 2.05) is 0 Å². The van der Waals surface area contributed by atoms with Crippen molar-refractivity contribution in [1.29, 1.82) is 0 Å². The summed E-state index contributed by atoms with van der Waals surface area (Å²) in [5, 5.41) is 19.7.